The smallest absolute Gasteiger partial charge is 0.264 e. The summed E-state index contributed by atoms with van der Waals surface area (Å²) in [5.41, 5.74) is 4.70. The number of nitrogens with one attached hydrogen (secondary N) is 1. The van der Waals surface area contributed by atoms with Crippen LogP contribution in [0.2, 0.25) is 0 Å². The molecule has 0 saturated heterocycles. The van der Waals surface area contributed by atoms with Gasteiger partial charge >= 0.3 is 0 Å². The van der Waals surface area contributed by atoms with E-state index in [4.69, 9.17) is 4.74 Å². The number of amides is 2. The van der Waals surface area contributed by atoms with Crippen molar-refractivity contribution >= 4 is 27.5 Å². The molecule has 49 heavy (non-hydrogen) atoms. The molecule has 0 heterocycles. The van der Waals surface area contributed by atoms with Gasteiger partial charge in [0, 0.05) is 19.0 Å². The van der Waals surface area contributed by atoms with E-state index in [2.05, 4.69) is 5.32 Å². The van der Waals surface area contributed by atoms with Crippen molar-refractivity contribution in [3.63, 3.8) is 0 Å². The summed E-state index contributed by atoms with van der Waals surface area (Å²) in [5, 5.41) is 3.25. The van der Waals surface area contributed by atoms with Crippen LogP contribution in [0.1, 0.15) is 59.9 Å². The summed E-state index contributed by atoms with van der Waals surface area (Å²) >= 11 is 0. The van der Waals surface area contributed by atoms with Crippen LogP contribution in [-0.4, -0.2) is 50.9 Å². The number of aryl methyl sites for hydroxylation is 3. The standard InChI is InChI=1S/C40H47N3O5S/c1-29-18-20-37(21-19-29)49(46,47)43(35-23-30(2)22-31(3)24-35)28-39(44)42(27-33-14-11-17-36(25-33)48-4)38(26-32-12-7-5-8-13-32)40(45)41-34-15-9-6-10-16-34/h5,7-8,11-14,17-25,34,38H,6,9-10,15-16,26-28H2,1-4H3,(H,41,45)/t38-/m1/s1. The summed E-state index contributed by atoms with van der Waals surface area (Å²) in [6, 6.07) is 28.3. The Bertz CT molecular complexity index is 1820. The normalized spacial score (nSPS) is 14.1. The van der Waals surface area contributed by atoms with E-state index in [1.54, 1.807) is 48.4 Å². The molecule has 4 aromatic carbocycles. The Balaban J connectivity index is 1.59. The third-order valence-corrected chi connectivity index (χ3v) is 10.9. The maximum atomic E-state index is 14.8. The minimum absolute atomic E-state index is 0.0296. The number of nitrogens with zero attached hydrogens (tertiary/aromatic N) is 2. The zero-order valence-electron chi connectivity index (χ0n) is 28.9. The van der Waals surface area contributed by atoms with Crippen LogP contribution in [0.25, 0.3) is 0 Å². The van der Waals surface area contributed by atoms with Gasteiger partial charge in [-0.2, -0.15) is 0 Å². The molecule has 1 saturated carbocycles. The second kappa shape index (κ2) is 16.2. The molecule has 0 aromatic heterocycles. The Morgan fingerprint density at radius 2 is 1.45 bits per heavy atom. The third kappa shape index (κ3) is 9.29. The Kier molecular flexibility index (Phi) is 11.8. The molecule has 0 aliphatic heterocycles. The molecule has 258 valence electrons. The molecule has 1 atom stereocenters. The van der Waals surface area contributed by atoms with Gasteiger partial charge in [-0.05, 0) is 92.3 Å². The quantitative estimate of drug-likeness (QED) is 0.166. The molecule has 9 heteroatoms. The first-order valence-corrected chi connectivity index (χ1v) is 18.4. The monoisotopic (exact) mass is 681 g/mol. The van der Waals surface area contributed by atoms with Gasteiger partial charge in [0.2, 0.25) is 11.8 Å². The molecule has 1 aliphatic rings. The van der Waals surface area contributed by atoms with Crippen LogP contribution < -0.4 is 14.4 Å². The summed E-state index contributed by atoms with van der Waals surface area (Å²) in [5.74, 6) is -0.112. The average molecular weight is 682 g/mol. The Morgan fingerprint density at radius 1 is 0.796 bits per heavy atom. The van der Waals surface area contributed by atoms with Crippen molar-refractivity contribution in [1.82, 2.24) is 10.2 Å². The second-order valence-corrected chi connectivity index (χ2v) is 15.0. The van der Waals surface area contributed by atoms with Crippen LogP contribution >= 0.6 is 0 Å². The number of sulfonamides is 1. The van der Waals surface area contributed by atoms with Crippen molar-refractivity contribution in [2.45, 2.75) is 82.8 Å². The van der Waals surface area contributed by atoms with E-state index in [0.29, 0.717) is 11.4 Å². The third-order valence-electron chi connectivity index (χ3n) is 9.09. The van der Waals surface area contributed by atoms with E-state index in [9.17, 15) is 18.0 Å². The molecule has 8 nitrogen and oxygen atoms in total. The first-order valence-electron chi connectivity index (χ1n) is 17.0. The zero-order valence-corrected chi connectivity index (χ0v) is 29.7. The fourth-order valence-electron chi connectivity index (χ4n) is 6.53. The predicted molar refractivity (Wildman–Crippen MR) is 194 cm³/mol. The van der Waals surface area contributed by atoms with Crippen molar-refractivity contribution in [3.05, 3.63) is 125 Å². The number of anilines is 1. The van der Waals surface area contributed by atoms with Crippen LogP contribution in [0.15, 0.2) is 102 Å². The number of benzene rings is 4. The highest BCUT2D eigenvalue weighted by Gasteiger charge is 2.35. The van der Waals surface area contributed by atoms with Gasteiger partial charge < -0.3 is 15.0 Å². The maximum Gasteiger partial charge on any atom is 0.264 e. The van der Waals surface area contributed by atoms with Gasteiger partial charge in [-0.3, -0.25) is 13.9 Å². The fraction of sp³-hybridized carbons (Fsp3) is 0.350. The minimum atomic E-state index is -4.18. The van der Waals surface area contributed by atoms with Crippen LogP contribution in [0.4, 0.5) is 5.69 Å². The highest BCUT2D eigenvalue weighted by Crippen LogP contribution is 2.28. The molecule has 4 aromatic rings. The first-order chi connectivity index (χ1) is 23.5. The highest BCUT2D eigenvalue weighted by molar-refractivity contribution is 7.92. The lowest BCUT2D eigenvalue weighted by molar-refractivity contribution is -0.140. The van der Waals surface area contributed by atoms with E-state index in [0.717, 1.165) is 59.9 Å². The van der Waals surface area contributed by atoms with E-state index in [-0.39, 0.29) is 29.8 Å². The van der Waals surface area contributed by atoms with Gasteiger partial charge in [0.15, 0.2) is 0 Å². The molecule has 1 fully saturated rings. The topological polar surface area (TPSA) is 96.0 Å². The SMILES string of the molecule is COc1cccc(CN(C(=O)CN(c2cc(C)cc(C)c2)S(=O)(=O)c2ccc(C)cc2)[C@H](Cc2ccccc2)C(=O)NC2CCCCC2)c1. The zero-order chi connectivity index (χ0) is 35.0. The minimum Gasteiger partial charge on any atom is -0.497 e. The number of rotatable bonds is 13. The summed E-state index contributed by atoms with van der Waals surface area (Å²) < 4.78 is 35.4. The van der Waals surface area contributed by atoms with Crippen molar-refractivity contribution < 1.29 is 22.7 Å². The summed E-state index contributed by atoms with van der Waals surface area (Å²) in [6.45, 7) is 5.27. The molecule has 0 unspecified atom stereocenters. The molecule has 0 bridgehead atoms. The lowest BCUT2D eigenvalue weighted by Crippen LogP contribution is -2.55. The predicted octanol–water partition coefficient (Wildman–Crippen LogP) is 6.90. The molecule has 1 aliphatic carbocycles. The molecule has 0 radical (unpaired) electrons. The van der Waals surface area contributed by atoms with Crippen molar-refractivity contribution in [2.24, 2.45) is 0 Å². The number of hydrogen-bond acceptors (Lipinski definition) is 5. The summed E-state index contributed by atoms with van der Waals surface area (Å²) in [4.78, 5) is 30.8. The molecule has 1 N–H and O–H groups in total. The van der Waals surface area contributed by atoms with Crippen LogP contribution in [-0.2, 0) is 32.6 Å². The number of hydrogen-bond donors (Lipinski definition) is 1. The van der Waals surface area contributed by atoms with Crippen LogP contribution in [0.5, 0.6) is 5.75 Å². The van der Waals surface area contributed by atoms with E-state index in [1.165, 1.54) is 4.31 Å². The molecular formula is C40H47N3O5S. The largest absolute Gasteiger partial charge is 0.497 e. The van der Waals surface area contributed by atoms with Crippen molar-refractivity contribution in [3.8, 4) is 5.75 Å². The number of carbonyl (C=O) groups excluding carboxylic acids is 2. The number of ether oxygens (including phenoxy) is 1. The highest BCUT2D eigenvalue weighted by atomic mass is 32.2. The van der Waals surface area contributed by atoms with Gasteiger partial charge in [-0.25, -0.2) is 8.42 Å². The number of carbonyl (C=O) groups is 2. The Labute approximate surface area is 291 Å². The molecule has 2 amide bonds. The van der Waals surface area contributed by atoms with E-state index < -0.39 is 28.5 Å². The second-order valence-electron chi connectivity index (χ2n) is 13.1. The van der Waals surface area contributed by atoms with Gasteiger partial charge in [-0.15, -0.1) is 0 Å². The number of methoxy groups -OCH3 is 1. The lowest BCUT2D eigenvalue weighted by Gasteiger charge is -2.35. The van der Waals surface area contributed by atoms with Crippen molar-refractivity contribution in [1.29, 1.82) is 0 Å². The van der Waals surface area contributed by atoms with Gasteiger partial charge in [0.25, 0.3) is 10.0 Å². The van der Waals surface area contributed by atoms with Gasteiger partial charge in [-0.1, -0.05) is 85.5 Å². The fourth-order valence-corrected chi connectivity index (χ4v) is 7.92. The van der Waals surface area contributed by atoms with E-state index in [1.807, 2.05) is 81.4 Å². The summed E-state index contributed by atoms with van der Waals surface area (Å²) in [6.07, 6.45) is 5.28. The van der Waals surface area contributed by atoms with Crippen molar-refractivity contribution in [2.75, 3.05) is 18.0 Å². The lowest BCUT2D eigenvalue weighted by atomic mass is 9.94. The summed E-state index contributed by atoms with van der Waals surface area (Å²) in [7, 11) is -2.60. The Hall–Kier alpha value is -4.63. The molecular weight excluding hydrogens is 635 g/mol. The van der Waals surface area contributed by atoms with Crippen LogP contribution in [0, 0.1) is 20.8 Å². The maximum absolute atomic E-state index is 14.8. The van der Waals surface area contributed by atoms with Gasteiger partial charge in [0.05, 0.1) is 17.7 Å². The van der Waals surface area contributed by atoms with Gasteiger partial charge in [0.1, 0.15) is 18.3 Å². The average Bonchev–Trinajstić information content (AvgIpc) is 3.09. The first kappa shape index (κ1) is 35.7. The van der Waals surface area contributed by atoms with E-state index >= 15 is 0 Å². The molecule has 0 spiro atoms. The van der Waals surface area contributed by atoms with Crippen LogP contribution in [0.3, 0.4) is 0 Å². The Morgan fingerprint density at radius 3 is 2.10 bits per heavy atom. The molecule has 5 rings (SSSR count).